The van der Waals surface area contributed by atoms with Crippen molar-refractivity contribution < 1.29 is 9.59 Å². The molecule has 0 unspecified atom stereocenters. The normalized spacial score (nSPS) is 15.3. The number of thiazole rings is 1. The molecule has 2 aromatic rings. The molecule has 1 fully saturated rings. The number of carbonyl (C=O) groups excluding carboxylic acids is 2. The summed E-state index contributed by atoms with van der Waals surface area (Å²) in [6.45, 7) is 3.31. The monoisotopic (exact) mass is 388 g/mol. The number of hydrogen-bond donors (Lipinski definition) is 1. The number of amides is 2. The quantitative estimate of drug-likeness (QED) is 0.793. The van der Waals surface area contributed by atoms with Crippen LogP contribution in [0.5, 0.6) is 0 Å². The number of nitrogens with one attached hydrogen (secondary N) is 1. The maximum absolute atomic E-state index is 12.8. The number of rotatable bonds is 5. The van der Waals surface area contributed by atoms with Gasteiger partial charge in [0.2, 0.25) is 5.91 Å². The molecule has 0 atom stereocenters. The molecule has 1 N–H and O–H groups in total. The number of thiophene rings is 1. The second kappa shape index (κ2) is 8.94. The zero-order valence-electron chi connectivity index (χ0n) is 14.3. The Bertz CT molecular complexity index is 794. The van der Waals surface area contributed by atoms with E-state index in [0.29, 0.717) is 31.1 Å². The molecule has 0 spiro atoms. The fraction of sp³-hybridized carbons (Fsp3) is 0.389. The molecule has 3 rings (SSSR count). The van der Waals surface area contributed by atoms with Gasteiger partial charge in [0, 0.05) is 26.2 Å². The molecule has 2 aromatic heterocycles. The molecule has 2 amide bonds. The summed E-state index contributed by atoms with van der Waals surface area (Å²) in [5, 5.41) is 5.55. The van der Waals surface area contributed by atoms with E-state index in [-0.39, 0.29) is 18.4 Å². The number of nitrogens with zero attached hydrogens (tertiary/aromatic N) is 3. The lowest BCUT2D eigenvalue weighted by Gasteiger charge is -2.21. The highest BCUT2D eigenvalue weighted by Crippen LogP contribution is 2.29. The summed E-state index contributed by atoms with van der Waals surface area (Å²) in [6, 6.07) is 3.98. The Morgan fingerprint density at radius 2 is 2.19 bits per heavy atom. The summed E-state index contributed by atoms with van der Waals surface area (Å²) in [4.78, 5) is 34.6. The highest BCUT2D eigenvalue weighted by molar-refractivity contribution is 7.21. The molecule has 0 aliphatic carbocycles. The predicted molar refractivity (Wildman–Crippen MR) is 104 cm³/mol. The van der Waals surface area contributed by atoms with Crippen LogP contribution in [0.25, 0.3) is 9.88 Å². The lowest BCUT2D eigenvalue weighted by atomic mass is 10.3. The van der Waals surface area contributed by atoms with Gasteiger partial charge in [-0.3, -0.25) is 14.5 Å². The van der Waals surface area contributed by atoms with E-state index in [2.05, 4.69) is 21.1 Å². The van der Waals surface area contributed by atoms with Gasteiger partial charge < -0.3 is 10.2 Å². The average molecular weight is 389 g/mol. The number of terminal acetylenes is 1. The third kappa shape index (κ3) is 4.69. The highest BCUT2D eigenvalue weighted by Gasteiger charge is 2.23. The van der Waals surface area contributed by atoms with Crippen LogP contribution in [0, 0.1) is 12.3 Å². The van der Waals surface area contributed by atoms with Gasteiger partial charge >= 0.3 is 0 Å². The van der Waals surface area contributed by atoms with Crippen LogP contribution in [-0.4, -0.2) is 65.9 Å². The topological polar surface area (TPSA) is 65.5 Å². The smallest absolute Gasteiger partial charge is 0.265 e. The van der Waals surface area contributed by atoms with Gasteiger partial charge in [-0.15, -0.1) is 29.1 Å². The Kier molecular flexibility index (Phi) is 6.39. The second-order valence-electron chi connectivity index (χ2n) is 5.91. The van der Waals surface area contributed by atoms with Gasteiger partial charge in [-0.25, -0.2) is 4.98 Å². The first-order valence-electron chi connectivity index (χ1n) is 8.39. The van der Waals surface area contributed by atoms with Crippen molar-refractivity contribution in [1.82, 2.24) is 20.1 Å². The molecule has 0 aromatic carbocycles. The first-order valence-corrected chi connectivity index (χ1v) is 10.1. The molecule has 0 saturated carbocycles. The van der Waals surface area contributed by atoms with Crippen LogP contribution >= 0.6 is 22.7 Å². The van der Waals surface area contributed by atoms with Crippen molar-refractivity contribution in [2.24, 2.45) is 0 Å². The molecule has 1 aliphatic heterocycles. The fourth-order valence-corrected chi connectivity index (χ4v) is 4.47. The SMILES string of the molecule is C#CCNC(=O)CN1CCCN(C(=O)c2cnc(-c3cccs3)s2)CC1. The highest BCUT2D eigenvalue weighted by atomic mass is 32.1. The van der Waals surface area contributed by atoms with Gasteiger partial charge in [0.05, 0.1) is 24.2 Å². The van der Waals surface area contributed by atoms with E-state index in [9.17, 15) is 9.59 Å². The number of aromatic nitrogens is 1. The molecular weight excluding hydrogens is 368 g/mol. The van der Waals surface area contributed by atoms with Gasteiger partial charge in [0.25, 0.3) is 5.91 Å². The minimum atomic E-state index is -0.0780. The Morgan fingerprint density at radius 1 is 1.31 bits per heavy atom. The molecule has 6 nitrogen and oxygen atoms in total. The van der Waals surface area contributed by atoms with Crippen LogP contribution in [0.4, 0.5) is 0 Å². The van der Waals surface area contributed by atoms with E-state index in [1.807, 2.05) is 22.4 Å². The van der Waals surface area contributed by atoms with Gasteiger partial charge in [-0.1, -0.05) is 12.0 Å². The molecule has 0 bridgehead atoms. The first kappa shape index (κ1) is 18.6. The van der Waals surface area contributed by atoms with Crippen molar-refractivity contribution in [3.05, 3.63) is 28.6 Å². The summed E-state index contributed by atoms with van der Waals surface area (Å²) in [6.07, 6.45) is 7.65. The largest absolute Gasteiger partial charge is 0.344 e. The van der Waals surface area contributed by atoms with E-state index >= 15 is 0 Å². The zero-order chi connectivity index (χ0) is 18.4. The first-order chi connectivity index (χ1) is 12.7. The Balaban J connectivity index is 1.56. The maximum Gasteiger partial charge on any atom is 0.265 e. The standard InChI is InChI=1S/C18H20N4O2S2/c1-2-6-19-16(23)13-21-7-4-8-22(10-9-21)18(24)15-12-20-17(26-15)14-5-3-11-25-14/h1,3,5,11-12H,4,6-10,13H2,(H,19,23). The van der Waals surface area contributed by atoms with Gasteiger partial charge in [-0.05, 0) is 17.9 Å². The van der Waals surface area contributed by atoms with E-state index in [1.54, 1.807) is 17.5 Å². The molecule has 1 saturated heterocycles. The van der Waals surface area contributed by atoms with Crippen molar-refractivity contribution in [2.75, 3.05) is 39.3 Å². The molecule has 136 valence electrons. The summed E-state index contributed by atoms with van der Waals surface area (Å²) in [5.74, 6) is 2.33. The van der Waals surface area contributed by atoms with Crippen LogP contribution in [0.3, 0.4) is 0 Å². The lowest BCUT2D eigenvalue weighted by molar-refractivity contribution is -0.121. The molecule has 8 heteroatoms. The molecule has 1 aliphatic rings. The third-order valence-corrected chi connectivity index (χ3v) is 6.10. The minimum absolute atomic E-state index is 0.0175. The van der Waals surface area contributed by atoms with Crippen molar-refractivity contribution in [3.63, 3.8) is 0 Å². The molecule has 3 heterocycles. The predicted octanol–water partition coefficient (Wildman–Crippen LogP) is 1.77. The summed E-state index contributed by atoms with van der Waals surface area (Å²) >= 11 is 3.05. The zero-order valence-corrected chi connectivity index (χ0v) is 15.9. The lowest BCUT2D eigenvalue weighted by Crippen LogP contribution is -2.40. The molecule has 26 heavy (non-hydrogen) atoms. The van der Waals surface area contributed by atoms with E-state index in [4.69, 9.17) is 6.42 Å². The van der Waals surface area contributed by atoms with Crippen LogP contribution in [0.2, 0.25) is 0 Å². The van der Waals surface area contributed by atoms with Crippen molar-refractivity contribution in [3.8, 4) is 22.2 Å². The van der Waals surface area contributed by atoms with E-state index < -0.39 is 0 Å². The number of carbonyl (C=O) groups is 2. The average Bonchev–Trinajstić information content (AvgIpc) is 3.28. The molecular formula is C18H20N4O2S2. The molecule has 0 radical (unpaired) electrons. The Morgan fingerprint density at radius 3 is 2.96 bits per heavy atom. The van der Waals surface area contributed by atoms with Crippen LogP contribution in [-0.2, 0) is 4.79 Å². The van der Waals surface area contributed by atoms with Gasteiger partial charge in [0.15, 0.2) is 0 Å². The van der Waals surface area contributed by atoms with E-state index in [1.165, 1.54) is 11.3 Å². The Hall–Kier alpha value is -2.21. The van der Waals surface area contributed by atoms with Crippen molar-refractivity contribution in [1.29, 1.82) is 0 Å². The van der Waals surface area contributed by atoms with Gasteiger partial charge in [-0.2, -0.15) is 0 Å². The van der Waals surface area contributed by atoms with Crippen LogP contribution < -0.4 is 5.32 Å². The second-order valence-corrected chi connectivity index (χ2v) is 7.89. The van der Waals surface area contributed by atoms with Crippen LogP contribution in [0.15, 0.2) is 23.7 Å². The fourth-order valence-electron chi connectivity index (χ4n) is 2.78. The summed E-state index contributed by atoms with van der Waals surface area (Å²) in [7, 11) is 0. The summed E-state index contributed by atoms with van der Waals surface area (Å²) < 4.78 is 0. The minimum Gasteiger partial charge on any atom is -0.344 e. The third-order valence-electron chi connectivity index (χ3n) is 4.08. The summed E-state index contributed by atoms with van der Waals surface area (Å²) in [5.41, 5.74) is 0. The Labute approximate surface area is 160 Å². The maximum atomic E-state index is 12.8. The van der Waals surface area contributed by atoms with Crippen molar-refractivity contribution in [2.45, 2.75) is 6.42 Å². The number of hydrogen-bond acceptors (Lipinski definition) is 6. The van der Waals surface area contributed by atoms with Gasteiger partial charge in [0.1, 0.15) is 9.88 Å². The van der Waals surface area contributed by atoms with Crippen molar-refractivity contribution >= 4 is 34.5 Å². The van der Waals surface area contributed by atoms with Crippen LogP contribution in [0.1, 0.15) is 16.1 Å². The van der Waals surface area contributed by atoms with E-state index in [0.717, 1.165) is 22.9 Å².